The molecule has 0 bridgehead atoms. The molecule has 0 spiro atoms. The maximum Gasteiger partial charge on any atom is 0.227 e. The second-order valence-corrected chi connectivity index (χ2v) is 5.56. The Bertz CT molecular complexity index is 608. The van der Waals surface area contributed by atoms with Crippen LogP contribution in [0.4, 0.5) is 5.69 Å². The van der Waals surface area contributed by atoms with Crippen LogP contribution in [0.15, 0.2) is 36.7 Å². The van der Waals surface area contributed by atoms with Crippen molar-refractivity contribution < 1.29 is 9.90 Å². The third kappa shape index (κ3) is 4.31. The smallest absolute Gasteiger partial charge is 0.227 e. The minimum absolute atomic E-state index is 0.0194. The molecule has 5 nitrogen and oxygen atoms in total. The van der Waals surface area contributed by atoms with E-state index >= 15 is 0 Å². The predicted molar refractivity (Wildman–Crippen MR) is 82.3 cm³/mol. The summed E-state index contributed by atoms with van der Waals surface area (Å²) in [4.78, 5) is 11.9. The van der Waals surface area contributed by atoms with Crippen LogP contribution in [0, 0.1) is 0 Å². The normalized spacial score (nSPS) is 12.4. The summed E-state index contributed by atoms with van der Waals surface area (Å²) in [5, 5.41) is 17.5. The third-order valence-corrected chi connectivity index (χ3v) is 3.30. The molecule has 0 aliphatic heterocycles. The molecule has 0 saturated carbocycles. The summed E-state index contributed by atoms with van der Waals surface area (Å²) in [5.41, 5.74) is 1.28. The zero-order valence-electron chi connectivity index (χ0n) is 12.0. The van der Waals surface area contributed by atoms with Crippen LogP contribution >= 0.6 is 11.6 Å². The van der Waals surface area contributed by atoms with Crippen molar-refractivity contribution in [3.8, 4) is 0 Å². The van der Waals surface area contributed by atoms with E-state index in [9.17, 15) is 9.90 Å². The lowest BCUT2D eigenvalue weighted by molar-refractivity contribution is -0.118. The molecular weight excluding hydrogens is 290 g/mol. The van der Waals surface area contributed by atoms with Gasteiger partial charge in [-0.05, 0) is 31.5 Å². The Kier molecular flexibility index (Phi) is 4.98. The first-order valence-electron chi connectivity index (χ1n) is 6.73. The minimum atomic E-state index is -0.859. The number of aromatic nitrogens is 2. The maximum absolute atomic E-state index is 11.9. The Labute approximate surface area is 128 Å². The highest BCUT2D eigenvalue weighted by molar-refractivity contribution is 6.30. The molecule has 112 valence electrons. The SMILES string of the molecule is CC(C)n1cc(NC(=O)CC(O)c2ccc(Cl)cc2)cn1. The maximum atomic E-state index is 11.9. The van der Waals surface area contributed by atoms with Gasteiger partial charge in [0.2, 0.25) is 5.91 Å². The van der Waals surface area contributed by atoms with E-state index < -0.39 is 6.10 Å². The number of hydrogen-bond donors (Lipinski definition) is 2. The second-order valence-electron chi connectivity index (χ2n) is 5.12. The number of rotatable bonds is 5. The van der Waals surface area contributed by atoms with Crippen molar-refractivity contribution in [1.82, 2.24) is 9.78 Å². The van der Waals surface area contributed by atoms with Crippen molar-refractivity contribution in [2.75, 3.05) is 5.32 Å². The molecule has 1 unspecified atom stereocenters. The van der Waals surface area contributed by atoms with Crippen molar-refractivity contribution in [1.29, 1.82) is 0 Å². The lowest BCUT2D eigenvalue weighted by Gasteiger charge is -2.10. The summed E-state index contributed by atoms with van der Waals surface area (Å²) >= 11 is 5.79. The topological polar surface area (TPSA) is 67.2 Å². The number of nitrogens with one attached hydrogen (secondary N) is 1. The van der Waals surface area contributed by atoms with Crippen molar-refractivity contribution in [2.24, 2.45) is 0 Å². The number of halogens is 1. The molecular formula is C15H18ClN3O2. The number of anilines is 1. The molecule has 0 saturated heterocycles. The predicted octanol–water partition coefficient (Wildman–Crippen LogP) is 3.18. The van der Waals surface area contributed by atoms with Crippen molar-refractivity contribution in [3.05, 3.63) is 47.2 Å². The summed E-state index contributed by atoms with van der Waals surface area (Å²) < 4.78 is 1.76. The highest BCUT2D eigenvalue weighted by Crippen LogP contribution is 2.20. The fraction of sp³-hybridized carbons (Fsp3) is 0.333. The van der Waals surface area contributed by atoms with Gasteiger partial charge in [-0.25, -0.2) is 0 Å². The van der Waals surface area contributed by atoms with Crippen LogP contribution in [-0.4, -0.2) is 20.8 Å². The Hall–Kier alpha value is -1.85. The zero-order valence-corrected chi connectivity index (χ0v) is 12.7. The Morgan fingerprint density at radius 2 is 2.05 bits per heavy atom. The molecule has 0 aliphatic carbocycles. The average molecular weight is 308 g/mol. The second kappa shape index (κ2) is 6.74. The van der Waals surface area contributed by atoms with E-state index in [0.717, 1.165) is 0 Å². The Morgan fingerprint density at radius 3 is 2.62 bits per heavy atom. The lowest BCUT2D eigenvalue weighted by Crippen LogP contribution is -2.15. The molecule has 1 heterocycles. The number of amides is 1. The monoisotopic (exact) mass is 307 g/mol. The summed E-state index contributed by atoms with van der Waals surface area (Å²) in [5.74, 6) is -0.263. The van der Waals surface area contributed by atoms with Crippen molar-refractivity contribution >= 4 is 23.2 Å². The largest absolute Gasteiger partial charge is 0.388 e. The van der Waals surface area contributed by atoms with Crippen LogP contribution in [0.2, 0.25) is 5.02 Å². The molecule has 21 heavy (non-hydrogen) atoms. The molecule has 1 aromatic heterocycles. The molecule has 6 heteroatoms. The quantitative estimate of drug-likeness (QED) is 0.891. The number of hydrogen-bond acceptors (Lipinski definition) is 3. The minimum Gasteiger partial charge on any atom is -0.388 e. The highest BCUT2D eigenvalue weighted by atomic mass is 35.5. The number of aliphatic hydroxyl groups excluding tert-OH is 1. The summed E-state index contributed by atoms with van der Waals surface area (Å²) in [6.07, 6.45) is 2.47. The number of aliphatic hydroxyl groups is 1. The van der Waals surface area contributed by atoms with Crippen LogP contribution in [-0.2, 0) is 4.79 Å². The number of carbonyl (C=O) groups is 1. The van der Waals surface area contributed by atoms with Gasteiger partial charge in [-0.3, -0.25) is 9.48 Å². The van der Waals surface area contributed by atoms with Crippen molar-refractivity contribution in [2.45, 2.75) is 32.4 Å². The van der Waals surface area contributed by atoms with Gasteiger partial charge < -0.3 is 10.4 Å². The molecule has 1 aromatic carbocycles. The van der Waals surface area contributed by atoms with Gasteiger partial charge in [0.15, 0.2) is 0 Å². The van der Waals surface area contributed by atoms with Gasteiger partial charge in [-0.1, -0.05) is 23.7 Å². The van der Waals surface area contributed by atoms with Gasteiger partial charge in [0.25, 0.3) is 0 Å². The lowest BCUT2D eigenvalue weighted by atomic mass is 10.1. The number of benzene rings is 1. The fourth-order valence-corrected chi connectivity index (χ4v) is 2.00. The molecule has 0 radical (unpaired) electrons. The van der Waals surface area contributed by atoms with E-state index in [4.69, 9.17) is 11.6 Å². The number of nitrogens with zero attached hydrogens (tertiary/aromatic N) is 2. The number of carbonyl (C=O) groups excluding carboxylic acids is 1. The highest BCUT2D eigenvalue weighted by Gasteiger charge is 2.14. The zero-order chi connectivity index (χ0) is 15.4. The molecule has 0 fully saturated rings. The molecule has 2 N–H and O–H groups in total. The first kappa shape index (κ1) is 15.5. The van der Waals surface area contributed by atoms with E-state index in [2.05, 4.69) is 10.4 Å². The Morgan fingerprint density at radius 1 is 1.38 bits per heavy atom. The van der Waals surface area contributed by atoms with E-state index in [0.29, 0.717) is 16.3 Å². The van der Waals surface area contributed by atoms with Crippen LogP contribution in [0.25, 0.3) is 0 Å². The summed E-state index contributed by atoms with van der Waals surface area (Å²) in [6, 6.07) is 7.01. The van der Waals surface area contributed by atoms with Crippen LogP contribution < -0.4 is 5.32 Å². The fourth-order valence-electron chi connectivity index (χ4n) is 1.88. The molecule has 1 atom stereocenters. The van der Waals surface area contributed by atoms with Gasteiger partial charge in [0.1, 0.15) is 0 Å². The standard InChI is InChI=1S/C15H18ClN3O2/c1-10(2)19-9-13(8-17-19)18-15(21)7-14(20)11-3-5-12(16)6-4-11/h3-6,8-10,14,20H,7H2,1-2H3,(H,18,21). The molecule has 2 rings (SSSR count). The van der Waals surface area contributed by atoms with Gasteiger partial charge in [0, 0.05) is 17.3 Å². The summed E-state index contributed by atoms with van der Waals surface area (Å²) in [7, 11) is 0. The third-order valence-electron chi connectivity index (χ3n) is 3.05. The van der Waals surface area contributed by atoms with E-state index in [1.165, 1.54) is 0 Å². The van der Waals surface area contributed by atoms with Gasteiger partial charge in [-0.15, -0.1) is 0 Å². The first-order chi connectivity index (χ1) is 9.95. The van der Waals surface area contributed by atoms with Gasteiger partial charge in [0.05, 0.1) is 24.4 Å². The van der Waals surface area contributed by atoms with Crippen LogP contribution in [0.3, 0.4) is 0 Å². The Balaban J connectivity index is 1.93. The van der Waals surface area contributed by atoms with Gasteiger partial charge >= 0.3 is 0 Å². The van der Waals surface area contributed by atoms with E-state index in [-0.39, 0.29) is 18.4 Å². The molecule has 2 aromatic rings. The molecule has 1 amide bonds. The summed E-state index contributed by atoms with van der Waals surface area (Å²) in [6.45, 7) is 4.01. The average Bonchev–Trinajstić information content (AvgIpc) is 2.87. The van der Waals surface area contributed by atoms with Crippen molar-refractivity contribution in [3.63, 3.8) is 0 Å². The van der Waals surface area contributed by atoms with Crippen LogP contribution in [0.5, 0.6) is 0 Å². The molecule has 0 aliphatic rings. The van der Waals surface area contributed by atoms with Gasteiger partial charge in [-0.2, -0.15) is 5.10 Å². The van der Waals surface area contributed by atoms with Crippen LogP contribution in [0.1, 0.15) is 38.0 Å². The first-order valence-corrected chi connectivity index (χ1v) is 7.11. The van der Waals surface area contributed by atoms with E-state index in [1.54, 1.807) is 41.3 Å². The van der Waals surface area contributed by atoms with E-state index in [1.807, 2.05) is 13.8 Å².